The monoisotopic (exact) mass is 261 g/mol. The van der Waals surface area contributed by atoms with Gasteiger partial charge in [-0.1, -0.05) is 0 Å². The molecule has 0 spiro atoms. The van der Waals surface area contributed by atoms with E-state index in [1.807, 2.05) is 34.0 Å². The molecule has 2 aromatic rings. The van der Waals surface area contributed by atoms with Crippen LogP contribution in [0.15, 0.2) is 18.6 Å². The predicted octanol–water partition coefficient (Wildman–Crippen LogP) is 1.44. The van der Waals surface area contributed by atoms with Crippen LogP contribution in [0.3, 0.4) is 0 Å². The van der Waals surface area contributed by atoms with E-state index in [0.29, 0.717) is 5.56 Å². The maximum atomic E-state index is 12.1. The van der Waals surface area contributed by atoms with Crippen molar-refractivity contribution >= 4 is 5.91 Å². The van der Waals surface area contributed by atoms with Crippen molar-refractivity contribution in [3.8, 4) is 0 Å². The van der Waals surface area contributed by atoms with Gasteiger partial charge < -0.3 is 5.32 Å². The number of carbonyl (C=O) groups is 1. The molecule has 0 aliphatic heterocycles. The average Bonchev–Trinajstić information content (AvgIpc) is 2.95. The van der Waals surface area contributed by atoms with Crippen molar-refractivity contribution in [2.24, 2.45) is 7.05 Å². The van der Waals surface area contributed by atoms with Crippen molar-refractivity contribution in [3.63, 3.8) is 0 Å². The van der Waals surface area contributed by atoms with Gasteiger partial charge in [-0.15, -0.1) is 0 Å². The Morgan fingerprint density at radius 3 is 2.74 bits per heavy atom. The third-order valence-corrected chi connectivity index (χ3v) is 3.08. The lowest BCUT2D eigenvalue weighted by Gasteiger charge is -2.12. The Hall–Kier alpha value is -2.11. The van der Waals surface area contributed by atoms with Crippen LogP contribution in [0.25, 0.3) is 0 Å². The van der Waals surface area contributed by atoms with E-state index in [1.54, 1.807) is 21.8 Å². The average molecular weight is 261 g/mol. The fraction of sp³-hybridized carbons (Fsp3) is 0.462. The molecule has 2 heterocycles. The van der Waals surface area contributed by atoms with Crippen molar-refractivity contribution in [2.75, 3.05) is 0 Å². The molecule has 0 saturated carbocycles. The van der Waals surface area contributed by atoms with Crippen molar-refractivity contribution in [3.05, 3.63) is 35.4 Å². The normalized spacial score (nSPS) is 12.4. The fourth-order valence-electron chi connectivity index (χ4n) is 2.05. The Balaban J connectivity index is 2.08. The summed E-state index contributed by atoms with van der Waals surface area (Å²) in [5.41, 5.74) is 2.54. The lowest BCUT2D eigenvalue weighted by Crippen LogP contribution is -2.26. The van der Waals surface area contributed by atoms with Crippen molar-refractivity contribution in [1.29, 1.82) is 0 Å². The molecule has 0 bridgehead atoms. The van der Waals surface area contributed by atoms with Crippen LogP contribution in [-0.2, 0) is 13.6 Å². The van der Waals surface area contributed by atoms with Crippen LogP contribution in [-0.4, -0.2) is 25.5 Å². The predicted molar refractivity (Wildman–Crippen MR) is 71.7 cm³/mol. The molecular weight excluding hydrogens is 242 g/mol. The molecule has 0 aliphatic carbocycles. The van der Waals surface area contributed by atoms with Gasteiger partial charge in [0.2, 0.25) is 0 Å². The Labute approximate surface area is 112 Å². The number of aromatic nitrogens is 4. The second-order valence-electron chi connectivity index (χ2n) is 4.62. The van der Waals surface area contributed by atoms with E-state index >= 15 is 0 Å². The molecule has 1 amide bonds. The first-order chi connectivity index (χ1) is 9.01. The summed E-state index contributed by atoms with van der Waals surface area (Å²) in [5.74, 6) is -0.115. The lowest BCUT2D eigenvalue weighted by molar-refractivity contribution is 0.0939. The maximum absolute atomic E-state index is 12.1. The summed E-state index contributed by atoms with van der Waals surface area (Å²) in [5, 5.41) is 11.3. The topological polar surface area (TPSA) is 64.7 Å². The Morgan fingerprint density at radius 2 is 2.21 bits per heavy atom. The summed E-state index contributed by atoms with van der Waals surface area (Å²) >= 11 is 0. The van der Waals surface area contributed by atoms with Crippen LogP contribution in [0.1, 0.15) is 41.5 Å². The highest BCUT2D eigenvalue weighted by Crippen LogP contribution is 2.16. The summed E-state index contributed by atoms with van der Waals surface area (Å²) in [6, 6.07) is -0.0776. The third-order valence-electron chi connectivity index (χ3n) is 3.08. The highest BCUT2D eigenvalue weighted by molar-refractivity contribution is 5.93. The largest absolute Gasteiger partial charge is 0.345 e. The summed E-state index contributed by atoms with van der Waals surface area (Å²) in [6.07, 6.45) is 5.26. The van der Waals surface area contributed by atoms with E-state index in [2.05, 4.69) is 15.5 Å². The fourth-order valence-corrected chi connectivity index (χ4v) is 2.05. The summed E-state index contributed by atoms with van der Waals surface area (Å²) in [4.78, 5) is 12.1. The Bertz CT molecular complexity index is 584. The van der Waals surface area contributed by atoms with Crippen LogP contribution in [0.4, 0.5) is 0 Å². The van der Waals surface area contributed by atoms with Gasteiger partial charge in [-0.2, -0.15) is 10.2 Å². The van der Waals surface area contributed by atoms with Crippen LogP contribution in [0.5, 0.6) is 0 Å². The summed E-state index contributed by atoms with van der Waals surface area (Å²) < 4.78 is 3.48. The Morgan fingerprint density at radius 1 is 1.47 bits per heavy atom. The highest BCUT2D eigenvalue weighted by atomic mass is 16.1. The summed E-state index contributed by atoms with van der Waals surface area (Å²) in [7, 11) is 1.87. The smallest absolute Gasteiger partial charge is 0.254 e. The van der Waals surface area contributed by atoms with Gasteiger partial charge in [0, 0.05) is 31.5 Å². The first-order valence-electron chi connectivity index (χ1n) is 6.34. The van der Waals surface area contributed by atoms with Gasteiger partial charge in [0.25, 0.3) is 5.91 Å². The minimum Gasteiger partial charge on any atom is -0.345 e. The zero-order valence-corrected chi connectivity index (χ0v) is 11.7. The molecular formula is C13H19N5O. The number of nitrogens with zero attached hydrogens (tertiary/aromatic N) is 4. The molecule has 6 nitrogen and oxygen atoms in total. The molecule has 102 valence electrons. The molecule has 2 rings (SSSR count). The van der Waals surface area contributed by atoms with Gasteiger partial charge in [0.1, 0.15) is 0 Å². The number of hydrogen-bond acceptors (Lipinski definition) is 3. The molecule has 1 atom stereocenters. The van der Waals surface area contributed by atoms with E-state index in [0.717, 1.165) is 17.8 Å². The molecule has 0 saturated heterocycles. The van der Waals surface area contributed by atoms with E-state index in [9.17, 15) is 4.79 Å². The van der Waals surface area contributed by atoms with Crippen LogP contribution in [0, 0.1) is 6.92 Å². The first-order valence-corrected chi connectivity index (χ1v) is 6.34. The standard InChI is InChI=1S/C13H19N5O/c1-5-18-7-11(6-14-18)13(19)15-9(2)12-8-17(4)16-10(12)3/h6-9H,5H2,1-4H3,(H,15,19). The van der Waals surface area contributed by atoms with E-state index < -0.39 is 0 Å². The van der Waals surface area contributed by atoms with Crippen molar-refractivity contribution in [1.82, 2.24) is 24.9 Å². The number of carbonyl (C=O) groups excluding carboxylic acids is 1. The second-order valence-corrected chi connectivity index (χ2v) is 4.62. The quantitative estimate of drug-likeness (QED) is 0.905. The van der Waals surface area contributed by atoms with Crippen molar-refractivity contribution < 1.29 is 4.79 Å². The zero-order valence-electron chi connectivity index (χ0n) is 11.7. The molecule has 1 unspecified atom stereocenters. The number of hydrogen-bond donors (Lipinski definition) is 1. The van der Waals surface area contributed by atoms with Crippen LogP contribution in [0.2, 0.25) is 0 Å². The van der Waals surface area contributed by atoms with Gasteiger partial charge in [-0.05, 0) is 20.8 Å². The van der Waals surface area contributed by atoms with Crippen molar-refractivity contribution in [2.45, 2.75) is 33.4 Å². The molecule has 1 N–H and O–H groups in total. The van der Waals surface area contributed by atoms with Gasteiger partial charge in [0.15, 0.2) is 0 Å². The minimum absolute atomic E-state index is 0.0776. The highest BCUT2D eigenvalue weighted by Gasteiger charge is 2.16. The molecule has 6 heteroatoms. The number of aryl methyl sites for hydroxylation is 3. The summed E-state index contributed by atoms with van der Waals surface area (Å²) in [6.45, 7) is 6.63. The van der Waals surface area contributed by atoms with Crippen LogP contribution >= 0.6 is 0 Å². The number of amides is 1. The number of rotatable bonds is 4. The lowest BCUT2D eigenvalue weighted by atomic mass is 10.1. The van der Waals surface area contributed by atoms with E-state index in [-0.39, 0.29) is 11.9 Å². The third kappa shape index (κ3) is 2.83. The minimum atomic E-state index is -0.115. The maximum Gasteiger partial charge on any atom is 0.254 e. The molecule has 19 heavy (non-hydrogen) atoms. The van der Waals surface area contributed by atoms with E-state index in [4.69, 9.17) is 0 Å². The SMILES string of the molecule is CCn1cc(C(=O)NC(C)c2cn(C)nc2C)cn1. The second kappa shape index (κ2) is 5.26. The van der Waals surface area contributed by atoms with Crippen LogP contribution < -0.4 is 5.32 Å². The molecule has 0 aliphatic rings. The van der Waals surface area contributed by atoms with E-state index in [1.165, 1.54) is 0 Å². The van der Waals surface area contributed by atoms with Gasteiger partial charge in [-0.25, -0.2) is 0 Å². The first kappa shape index (κ1) is 13.3. The van der Waals surface area contributed by atoms with Gasteiger partial charge in [-0.3, -0.25) is 14.2 Å². The zero-order chi connectivity index (χ0) is 14.0. The molecule has 0 radical (unpaired) electrons. The van der Waals surface area contributed by atoms with Gasteiger partial charge in [0.05, 0.1) is 23.5 Å². The molecule has 2 aromatic heterocycles. The number of nitrogens with one attached hydrogen (secondary N) is 1. The Kier molecular flexibility index (Phi) is 3.69. The molecule has 0 aromatic carbocycles. The van der Waals surface area contributed by atoms with Gasteiger partial charge >= 0.3 is 0 Å². The molecule has 0 fully saturated rings.